The molecule has 8 rings (SSSR count). The highest BCUT2D eigenvalue weighted by atomic mass is 16.5. The summed E-state index contributed by atoms with van der Waals surface area (Å²) < 4.78 is 10.1. The summed E-state index contributed by atoms with van der Waals surface area (Å²) in [5.74, 6) is 1.97. The van der Waals surface area contributed by atoms with Crippen molar-refractivity contribution >= 4 is 39.8 Å². The Kier molecular flexibility index (Phi) is 7.20. The van der Waals surface area contributed by atoms with Crippen molar-refractivity contribution in [3.05, 3.63) is 73.7 Å². The molecular formula is C36H39N9O2. The summed E-state index contributed by atoms with van der Waals surface area (Å²) in [4.78, 5) is 27.3. The average molecular weight is 630 g/mol. The van der Waals surface area contributed by atoms with E-state index in [1.807, 2.05) is 37.6 Å². The Labute approximate surface area is 273 Å². The van der Waals surface area contributed by atoms with E-state index in [9.17, 15) is 4.79 Å². The fourth-order valence-corrected chi connectivity index (χ4v) is 7.37. The van der Waals surface area contributed by atoms with Crippen molar-refractivity contribution in [2.45, 2.75) is 18.9 Å². The molecular weight excluding hydrogens is 590 g/mol. The van der Waals surface area contributed by atoms with Crippen molar-refractivity contribution in [2.24, 2.45) is 18.9 Å². The quantitative estimate of drug-likeness (QED) is 0.200. The monoisotopic (exact) mass is 629 g/mol. The van der Waals surface area contributed by atoms with E-state index in [1.165, 1.54) is 24.4 Å². The summed E-state index contributed by atoms with van der Waals surface area (Å²) in [7, 11) is 5.75. The third kappa shape index (κ3) is 5.40. The van der Waals surface area contributed by atoms with Gasteiger partial charge in [-0.2, -0.15) is 5.10 Å². The van der Waals surface area contributed by atoms with Crippen LogP contribution >= 0.6 is 0 Å². The summed E-state index contributed by atoms with van der Waals surface area (Å²) in [5.41, 5.74) is 6.93. The number of hydrogen-bond acceptors (Lipinski definition) is 8. The van der Waals surface area contributed by atoms with Crippen LogP contribution in [0.15, 0.2) is 73.7 Å². The van der Waals surface area contributed by atoms with Crippen LogP contribution in [0, 0.1) is 11.8 Å². The minimum absolute atomic E-state index is 0.271. The molecule has 0 bridgehead atoms. The topological polar surface area (TPSA) is 105 Å². The predicted octanol–water partition coefficient (Wildman–Crippen LogP) is 5.71. The molecule has 3 aliphatic rings. The fraction of sp³-hybridized carbons (Fsp3) is 0.333. The number of anilines is 4. The maximum absolute atomic E-state index is 12.6. The fourth-order valence-electron chi connectivity index (χ4n) is 7.37. The largest absolute Gasteiger partial charge is 0.494 e. The molecule has 1 saturated carbocycles. The second-order valence-corrected chi connectivity index (χ2v) is 13.1. The normalized spacial score (nSPS) is 19.3. The van der Waals surface area contributed by atoms with E-state index in [-0.39, 0.29) is 5.91 Å². The number of likely N-dealkylation sites (tertiary alicyclic amines) is 1. The van der Waals surface area contributed by atoms with Gasteiger partial charge in [0.2, 0.25) is 11.9 Å². The number of rotatable bonds is 9. The zero-order valence-electron chi connectivity index (χ0n) is 27.0. The number of hydrogen-bond donors (Lipinski definition) is 2. The van der Waals surface area contributed by atoms with E-state index >= 15 is 0 Å². The van der Waals surface area contributed by atoms with Crippen LogP contribution < -0.4 is 20.3 Å². The number of benzene rings is 2. The first kappa shape index (κ1) is 29.3. The van der Waals surface area contributed by atoms with Gasteiger partial charge in [0, 0.05) is 86.0 Å². The highest BCUT2D eigenvalue weighted by Gasteiger charge is 2.39. The van der Waals surface area contributed by atoms with Gasteiger partial charge in [0.05, 0.1) is 35.6 Å². The predicted molar refractivity (Wildman–Crippen MR) is 185 cm³/mol. The minimum atomic E-state index is -0.271. The lowest BCUT2D eigenvalue weighted by Gasteiger charge is -2.26. The number of aryl methyl sites for hydroxylation is 1. The molecule has 1 amide bonds. The van der Waals surface area contributed by atoms with Gasteiger partial charge < -0.3 is 29.7 Å². The Balaban J connectivity index is 1.20. The molecule has 11 nitrogen and oxygen atoms in total. The van der Waals surface area contributed by atoms with E-state index in [1.54, 1.807) is 11.8 Å². The van der Waals surface area contributed by atoms with Crippen molar-refractivity contribution in [3.63, 3.8) is 0 Å². The molecule has 240 valence electrons. The standard InChI is InChI=1S/C36H39N9O2/c1-5-34(46)38-29-14-30(33(47-4)15-32(29)44-19-22-17-42(2)18-23(22)20-44)39-36-37-16-26(28-12-13-43(3)41-28)35(40-36)27-21-45(24-10-11-24)31-9-7-6-8-25(27)31/h5-9,12-16,21-24H,1,10-11,17-20H2,2-4H3,(H,38,46)(H,37,39,40)/t22-,23+. The van der Waals surface area contributed by atoms with Crippen LogP contribution in [0.2, 0.25) is 0 Å². The Morgan fingerprint density at radius 1 is 1.02 bits per heavy atom. The second kappa shape index (κ2) is 11.6. The molecule has 5 heterocycles. The van der Waals surface area contributed by atoms with Crippen LogP contribution in [0.5, 0.6) is 5.75 Å². The van der Waals surface area contributed by atoms with Gasteiger partial charge >= 0.3 is 0 Å². The summed E-state index contributed by atoms with van der Waals surface area (Å²) in [6.07, 6.45) is 9.63. The Hall–Kier alpha value is -5.16. The summed E-state index contributed by atoms with van der Waals surface area (Å²) in [5, 5.41) is 12.3. The number of para-hydroxylation sites is 1. The van der Waals surface area contributed by atoms with Gasteiger partial charge in [-0.05, 0) is 56.0 Å². The van der Waals surface area contributed by atoms with Crippen molar-refractivity contribution in [3.8, 4) is 28.3 Å². The SMILES string of the molecule is C=CC(=O)Nc1cc(Nc2ncc(-c3ccn(C)n3)c(-c3cn(C4CC4)c4ccccc34)n2)c(OC)cc1N1C[C@H]2CN(C)C[C@H]2C1. The molecule has 2 aromatic carbocycles. The van der Waals surface area contributed by atoms with Crippen molar-refractivity contribution in [2.75, 3.05) is 55.9 Å². The van der Waals surface area contributed by atoms with E-state index in [0.717, 1.165) is 59.8 Å². The van der Waals surface area contributed by atoms with Crippen molar-refractivity contribution in [1.29, 1.82) is 0 Å². The van der Waals surface area contributed by atoms with Crippen LogP contribution in [-0.2, 0) is 11.8 Å². The molecule has 0 spiro atoms. The number of carbonyl (C=O) groups excluding carboxylic acids is 1. The molecule has 2 aliphatic heterocycles. The van der Waals surface area contributed by atoms with E-state index in [4.69, 9.17) is 19.8 Å². The van der Waals surface area contributed by atoms with Crippen LogP contribution in [0.25, 0.3) is 33.4 Å². The van der Waals surface area contributed by atoms with Crippen molar-refractivity contribution in [1.82, 2.24) is 29.2 Å². The zero-order chi connectivity index (χ0) is 32.2. The van der Waals surface area contributed by atoms with Gasteiger partial charge in [-0.15, -0.1) is 0 Å². The molecule has 2 atom stereocenters. The Bertz CT molecular complexity index is 1990. The number of ether oxygens (including phenoxy) is 1. The number of fused-ring (bicyclic) bond motifs is 2. The first-order chi connectivity index (χ1) is 22.9. The molecule has 11 heteroatoms. The molecule has 2 N–H and O–H groups in total. The molecule has 47 heavy (non-hydrogen) atoms. The van der Waals surface area contributed by atoms with E-state index < -0.39 is 0 Å². The van der Waals surface area contributed by atoms with Crippen LogP contribution in [0.1, 0.15) is 18.9 Å². The number of aromatic nitrogens is 5. The first-order valence-electron chi connectivity index (χ1n) is 16.2. The van der Waals surface area contributed by atoms with Gasteiger partial charge in [-0.3, -0.25) is 9.48 Å². The highest BCUT2D eigenvalue weighted by molar-refractivity contribution is 6.02. The number of nitrogens with one attached hydrogen (secondary N) is 2. The lowest BCUT2D eigenvalue weighted by molar-refractivity contribution is -0.111. The molecule has 0 radical (unpaired) electrons. The van der Waals surface area contributed by atoms with Crippen LogP contribution in [0.3, 0.4) is 0 Å². The van der Waals surface area contributed by atoms with Gasteiger partial charge in [0.15, 0.2) is 0 Å². The number of methoxy groups -OCH3 is 1. The summed E-state index contributed by atoms with van der Waals surface area (Å²) in [6, 6.07) is 14.9. The molecule has 5 aromatic rings. The van der Waals surface area contributed by atoms with Gasteiger partial charge in [-0.25, -0.2) is 9.97 Å². The average Bonchev–Trinajstić information content (AvgIpc) is 3.34. The smallest absolute Gasteiger partial charge is 0.247 e. The number of nitrogens with zero attached hydrogens (tertiary/aromatic N) is 7. The molecule has 3 aromatic heterocycles. The summed E-state index contributed by atoms with van der Waals surface area (Å²) in [6.45, 7) is 7.70. The third-order valence-electron chi connectivity index (χ3n) is 9.73. The highest BCUT2D eigenvalue weighted by Crippen LogP contribution is 2.44. The van der Waals surface area contributed by atoms with Gasteiger partial charge in [-0.1, -0.05) is 24.8 Å². The first-order valence-corrected chi connectivity index (χ1v) is 16.2. The molecule has 0 unspecified atom stereocenters. The van der Waals surface area contributed by atoms with Crippen LogP contribution in [-0.4, -0.2) is 75.5 Å². The zero-order valence-corrected chi connectivity index (χ0v) is 27.0. The lowest BCUT2D eigenvalue weighted by Crippen LogP contribution is -2.27. The summed E-state index contributed by atoms with van der Waals surface area (Å²) >= 11 is 0. The molecule has 1 aliphatic carbocycles. The van der Waals surface area contributed by atoms with Gasteiger partial charge in [0.25, 0.3) is 0 Å². The van der Waals surface area contributed by atoms with Crippen molar-refractivity contribution < 1.29 is 9.53 Å². The Morgan fingerprint density at radius 2 is 1.81 bits per heavy atom. The minimum Gasteiger partial charge on any atom is -0.494 e. The van der Waals surface area contributed by atoms with Crippen LogP contribution in [0.4, 0.5) is 23.0 Å². The maximum Gasteiger partial charge on any atom is 0.247 e. The van der Waals surface area contributed by atoms with E-state index in [0.29, 0.717) is 41.0 Å². The number of amides is 1. The van der Waals surface area contributed by atoms with E-state index in [2.05, 4.69) is 69.1 Å². The lowest BCUT2D eigenvalue weighted by atomic mass is 10.0. The molecule has 2 saturated heterocycles. The second-order valence-electron chi connectivity index (χ2n) is 13.1. The maximum atomic E-state index is 12.6. The molecule has 3 fully saturated rings. The van der Waals surface area contributed by atoms with Gasteiger partial charge in [0.1, 0.15) is 5.75 Å². The Morgan fingerprint density at radius 3 is 2.51 bits per heavy atom. The third-order valence-corrected chi connectivity index (χ3v) is 9.73. The number of carbonyl (C=O) groups is 1.